The van der Waals surface area contributed by atoms with Crippen LogP contribution in [0.5, 0.6) is 0 Å². The van der Waals surface area contributed by atoms with Crippen molar-refractivity contribution in [2.24, 2.45) is 5.11 Å². The van der Waals surface area contributed by atoms with Gasteiger partial charge in [-0.2, -0.15) is 0 Å². The minimum absolute atomic E-state index is 0.0193. The Morgan fingerprint density at radius 1 is 1.54 bits per heavy atom. The van der Waals surface area contributed by atoms with Gasteiger partial charge in [0, 0.05) is 12.0 Å². The first-order valence-corrected chi connectivity index (χ1v) is 3.76. The minimum Gasteiger partial charge on any atom is -0.387 e. The van der Waals surface area contributed by atoms with Gasteiger partial charge in [-0.15, -0.1) is 0 Å². The summed E-state index contributed by atoms with van der Waals surface area (Å²) in [7, 11) is 1.36. The molecule has 7 nitrogen and oxygen atoms in total. The van der Waals surface area contributed by atoms with E-state index in [-0.39, 0.29) is 6.54 Å². The maximum Gasteiger partial charge on any atom is 0.186 e. The Morgan fingerprint density at radius 2 is 2.23 bits per heavy atom. The summed E-state index contributed by atoms with van der Waals surface area (Å²) in [6.07, 6.45) is -3.72. The van der Waals surface area contributed by atoms with E-state index >= 15 is 0 Å². The Bertz CT molecular complexity index is 218. The molecule has 0 unspecified atom stereocenters. The molecule has 1 saturated heterocycles. The van der Waals surface area contributed by atoms with E-state index in [2.05, 4.69) is 10.0 Å². The van der Waals surface area contributed by atoms with Crippen LogP contribution in [0.1, 0.15) is 0 Å². The Hall–Kier alpha value is -0.850. The van der Waals surface area contributed by atoms with E-state index in [1.165, 1.54) is 7.11 Å². The monoisotopic (exact) mass is 189 g/mol. The summed E-state index contributed by atoms with van der Waals surface area (Å²) in [4.78, 5) is 2.52. The molecule has 0 spiro atoms. The van der Waals surface area contributed by atoms with Crippen molar-refractivity contribution in [1.82, 2.24) is 0 Å². The van der Waals surface area contributed by atoms with E-state index in [0.717, 1.165) is 0 Å². The van der Waals surface area contributed by atoms with Crippen LogP contribution in [-0.2, 0) is 9.47 Å². The van der Waals surface area contributed by atoms with Crippen LogP contribution >= 0.6 is 0 Å². The van der Waals surface area contributed by atoms with Gasteiger partial charge in [0.1, 0.15) is 12.2 Å². The molecule has 0 aromatic rings. The van der Waals surface area contributed by atoms with E-state index in [1.54, 1.807) is 0 Å². The molecule has 0 aliphatic carbocycles. The molecule has 1 aliphatic rings. The molecule has 74 valence electrons. The predicted octanol–water partition coefficient (Wildman–Crippen LogP) is -0.610. The first-order chi connectivity index (χ1) is 6.20. The Labute approximate surface area is 74.5 Å². The largest absolute Gasteiger partial charge is 0.387 e. The van der Waals surface area contributed by atoms with E-state index in [4.69, 9.17) is 15.0 Å². The zero-order chi connectivity index (χ0) is 9.84. The first kappa shape index (κ1) is 10.2. The van der Waals surface area contributed by atoms with E-state index in [0.29, 0.717) is 0 Å². The molecule has 1 heterocycles. The summed E-state index contributed by atoms with van der Waals surface area (Å²) < 4.78 is 9.79. The molecule has 7 heteroatoms. The highest BCUT2D eigenvalue weighted by Gasteiger charge is 2.42. The summed E-state index contributed by atoms with van der Waals surface area (Å²) in [6.45, 7) is -0.0193. The van der Waals surface area contributed by atoms with E-state index in [1.807, 2.05) is 0 Å². The summed E-state index contributed by atoms with van der Waals surface area (Å²) in [6, 6.07) is 0. The molecule has 0 radical (unpaired) electrons. The number of hydrogen-bond donors (Lipinski definition) is 2. The summed E-state index contributed by atoms with van der Waals surface area (Å²) in [5.74, 6) is 0. The maximum atomic E-state index is 9.35. The lowest BCUT2D eigenvalue weighted by molar-refractivity contribution is -0.147. The van der Waals surface area contributed by atoms with Gasteiger partial charge in [-0.3, -0.25) is 0 Å². The summed E-state index contributed by atoms with van der Waals surface area (Å²) >= 11 is 0. The highest BCUT2D eigenvalue weighted by atomic mass is 16.7. The second kappa shape index (κ2) is 4.40. The Morgan fingerprint density at radius 3 is 2.69 bits per heavy atom. The molecule has 0 amide bonds. The number of rotatable bonds is 3. The van der Waals surface area contributed by atoms with Crippen LogP contribution in [0, 0.1) is 0 Å². The summed E-state index contributed by atoms with van der Waals surface area (Å²) in [5, 5.41) is 21.9. The van der Waals surface area contributed by atoms with Gasteiger partial charge >= 0.3 is 0 Å². The first-order valence-electron chi connectivity index (χ1n) is 3.76. The van der Waals surface area contributed by atoms with E-state index < -0.39 is 24.6 Å². The lowest BCUT2D eigenvalue weighted by Crippen LogP contribution is -2.33. The van der Waals surface area contributed by atoms with Crippen molar-refractivity contribution >= 4 is 0 Å². The molecule has 13 heavy (non-hydrogen) atoms. The molecule has 0 saturated carbocycles. The molecule has 2 N–H and O–H groups in total. The molecule has 1 fully saturated rings. The molecule has 0 aromatic heterocycles. The van der Waals surface area contributed by atoms with Crippen LogP contribution in [0.4, 0.5) is 0 Å². The summed E-state index contributed by atoms with van der Waals surface area (Å²) in [5.41, 5.74) is 8.03. The number of aliphatic hydroxyl groups excluding tert-OH is 2. The average molecular weight is 189 g/mol. The van der Waals surface area contributed by atoms with Crippen LogP contribution in [0.2, 0.25) is 0 Å². The number of nitrogens with zero attached hydrogens (tertiary/aromatic N) is 3. The standard InChI is InChI=1S/C6H11N3O4/c1-12-6-5(11)4(10)3(13-6)2-8-9-7/h3-6,10-11H,2H2,1H3/t3-,4+,5-,6+/m1/s1. The second-order valence-corrected chi connectivity index (χ2v) is 2.67. The van der Waals surface area contributed by atoms with Crippen LogP contribution in [0.3, 0.4) is 0 Å². The molecule has 0 aromatic carbocycles. The maximum absolute atomic E-state index is 9.35. The molecule has 1 aliphatic heterocycles. The number of azide groups is 1. The molecular weight excluding hydrogens is 178 g/mol. The Balaban J connectivity index is 2.54. The topological polar surface area (TPSA) is 108 Å². The second-order valence-electron chi connectivity index (χ2n) is 2.67. The normalized spacial score (nSPS) is 38.7. The third kappa shape index (κ3) is 2.09. The molecular formula is C6H11N3O4. The van der Waals surface area contributed by atoms with Gasteiger partial charge in [0.25, 0.3) is 0 Å². The number of aliphatic hydroxyl groups is 2. The number of ether oxygens (including phenoxy) is 2. The average Bonchev–Trinajstić information content (AvgIpc) is 2.41. The minimum atomic E-state index is -1.09. The SMILES string of the molecule is CO[C@H]1O[C@H](CN=[N+]=[N-])[C@H](O)[C@H]1O. The fourth-order valence-corrected chi connectivity index (χ4v) is 1.18. The zero-order valence-corrected chi connectivity index (χ0v) is 7.07. The van der Waals surface area contributed by atoms with Crippen LogP contribution in [0.15, 0.2) is 5.11 Å². The zero-order valence-electron chi connectivity index (χ0n) is 7.07. The van der Waals surface area contributed by atoms with Crippen molar-refractivity contribution in [1.29, 1.82) is 0 Å². The van der Waals surface area contributed by atoms with Gasteiger partial charge in [-0.1, -0.05) is 5.11 Å². The molecule has 0 bridgehead atoms. The van der Waals surface area contributed by atoms with Crippen molar-refractivity contribution in [2.75, 3.05) is 13.7 Å². The highest BCUT2D eigenvalue weighted by molar-refractivity contribution is 4.87. The fourth-order valence-electron chi connectivity index (χ4n) is 1.18. The third-order valence-corrected chi connectivity index (χ3v) is 1.88. The van der Waals surface area contributed by atoms with Crippen molar-refractivity contribution < 1.29 is 19.7 Å². The highest BCUT2D eigenvalue weighted by Crippen LogP contribution is 2.21. The van der Waals surface area contributed by atoms with Gasteiger partial charge < -0.3 is 19.7 Å². The molecule has 4 atom stereocenters. The van der Waals surface area contributed by atoms with Gasteiger partial charge in [0.05, 0.1) is 12.6 Å². The van der Waals surface area contributed by atoms with Crippen molar-refractivity contribution in [3.05, 3.63) is 10.4 Å². The van der Waals surface area contributed by atoms with Crippen molar-refractivity contribution in [3.8, 4) is 0 Å². The van der Waals surface area contributed by atoms with Crippen molar-refractivity contribution in [3.63, 3.8) is 0 Å². The lowest BCUT2D eigenvalue weighted by atomic mass is 10.1. The van der Waals surface area contributed by atoms with Gasteiger partial charge in [-0.25, -0.2) is 0 Å². The van der Waals surface area contributed by atoms with Gasteiger partial charge in [0.15, 0.2) is 6.29 Å². The van der Waals surface area contributed by atoms with Gasteiger partial charge in [0.2, 0.25) is 0 Å². The smallest absolute Gasteiger partial charge is 0.186 e. The predicted molar refractivity (Wildman–Crippen MR) is 41.7 cm³/mol. The van der Waals surface area contributed by atoms with Gasteiger partial charge in [-0.05, 0) is 5.53 Å². The lowest BCUT2D eigenvalue weighted by Gasteiger charge is -2.11. The number of hydrogen-bond acceptors (Lipinski definition) is 5. The quantitative estimate of drug-likeness (QED) is 0.350. The molecule has 1 rings (SSSR count). The van der Waals surface area contributed by atoms with E-state index in [9.17, 15) is 10.2 Å². The fraction of sp³-hybridized carbons (Fsp3) is 1.00. The van der Waals surface area contributed by atoms with Crippen LogP contribution < -0.4 is 0 Å². The van der Waals surface area contributed by atoms with Crippen LogP contribution in [-0.4, -0.2) is 48.5 Å². The third-order valence-electron chi connectivity index (χ3n) is 1.88. The Kier molecular flexibility index (Phi) is 3.47. The van der Waals surface area contributed by atoms with Crippen molar-refractivity contribution in [2.45, 2.75) is 24.6 Å². The number of methoxy groups -OCH3 is 1. The van der Waals surface area contributed by atoms with Crippen LogP contribution in [0.25, 0.3) is 10.4 Å².